The van der Waals surface area contributed by atoms with Crippen molar-refractivity contribution in [3.8, 4) is 0 Å². The van der Waals surface area contributed by atoms with Crippen LogP contribution < -0.4 is 0 Å². The van der Waals surface area contributed by atoms with Gasteiger partial charge in [-0.1, -0.05) is 125 Å². The quantitative estimate of drug-likeness (QED) is 0.0205. The topological polar surface area (TPSA) is 140 Å². The van der Waals surface area contributed by atoms with Crippen LogP contribution in [0.25, 0.3) is 0 Å². The molecule has 0 fully saturated rings. The van der Waals surface area contributed by atoms with Gasteiger partial charge in [-0.2, -0.15) is 0 Å². The number of esters is 2. The molecule has 0 aromatic carbocycles. The van der Waals surface area contributed by atoms with E-state index < -0.39 is 38.6 Å². The fourth-order valence-electron chi connectivity index (χ4n) is 4.54. The molecule has 49 heavy (non-hydrogen) atoms. The van der Waals surface area contributed by atoms with Gasteiger partial charge in [0.2, 0.25) is 0 Å². The van der Waals surface area contributed by atoms with E-state index in [1.807, 2.05) is 55.5 Å². The summed E-state index contributed by atoms with van der Waals surface area (Å²) < 4.78 is 26.2. The first-order chi connectivity index (χ1) is 23.7. The zero-order chi connectivity index (χ0) is 36.3. The lowest BCUT2D eigenvalue weighted by molar-refractivity contribution is -0.161. The molecular weight excluding hydrogens is 643 g/mol. The molecule has 0 heterocycles. The van der Waals surface area contributed by atoms with E-state index in [1.165, 1.54) is 25.7 Å². The lowest BCUT2D eigenvalue weighted by atomic mass is 10.1. The monoisotopic (exact) mass is 708 g/mol. The normalized spacial score (nSPS) is 14.0. The predicted octanol–water partition coefficient (Wildman–Crippen LogP) is 9.70. The number of carbonyl (C=O) groups excluding carboxylic acids is 2. The highest BCUT2D eigenvalue weighted by Crippen LogP contribution is 2.35. The van der Waals surface area contributed by atoms with Gasteiger partial charge < -0.3 is 24.4 Å². The average Bonchev–Trinajstić information content (AvgIpc) is 3.06. The fourth-order valence-corrected chi connectivity index (χ4v) is 4.90. The lowest BCUT2D eigenvalue weighted by Gasteiger charge is -2.18. The molecule has 10 heteroatoms. The number of hydrogen-bond donors (Lipinski definition) is 3. The summed E-state index contributed by atoms with van der Waals surface area (Å²) in [5, 5.41) is 9.72. The summed E-state index contributed by atoms with van der Waals surface area (Å²) in [7, 11) is -4.78. The van der Waals surface area contributed by atoms with Gasteiger partial charge in [0.05, 0.1) is 12.7 Å². The van der Waals surface area contributed by atoms with Crippen molar-refractivity contribution in [3.05, 3.63) is 72.9 Å². The number of rotatable bonds is 32. The number of phosphoric ester groups is 1. The third-order valence-corrected chi connectivity index (χ3v) is 7.77. The van der Waals surface area contributed by atoms with Crippen LogP contribution in [0.5, 0.6) is 0 Å². The molecule has 0 aromatic rings. The zero-order valence-corrected chi connectivity index (χ0v) is 31.1. The van der Waals surface area contributed by atoms with Crippen LogP contribution in [0.2, 0.25) is 0 Å². The second-order valence-corrected chi connectivity index (χ2v) is 13.2. The Hall–Kier alpha value is -2.55. The second-order valence-electron chi connectivity index (χ2n) is 12.0. The van der Waals surface area contributed by atoms with Gasteiger partial charge >= 0.3 is 19.8 Å². The maximum Gasteiger partial charge on any atom is 0.469 e. The van der Waals surface area contributed by atoms with Gasteiger partial charge in [0.15, 0.2) is 6.10 Å². The smallest absolute Gasteiger partial charge is 0.462 e. The van der Waals surface area contributed by atoms with Gasteiger partial charge in [-0.05, 0) is 70.6 Å². The minimum atomic E-state index is -4.78. The molecule has 0 aliphatic carbocycles. The van der Waals surface area contributed by atoms with Crippen LogP contribution in [0.1, 0.15) is 136 Å². The van der Waals surface area contributed by atoms with Gasteiger partial charge in [0.25, 0.3) is 0 Å². The third kappa shape index (κ3) is 36.6. The zero-order valence-electron chi connectivity index (χ0n) is 30.2. The van der Waals surface area contributed by atoms with Crippen molar-refractivity contribution in [2.24, 2.45) is 0 Å². The molecule has 0 aliphatic heterocycles. The highest BCUT2D eigenvalue weighted by atomic mass is 31.2. The number of aliphatic hydroxyl groups excluding tert-OH is 1. The number of ether oxygens (including phenoxy) is 2. The van der Waals surface area contributed by atoms with Crippen molar-refractivity contribution in [1.29, 1.82) is 0 Å². The summed E-state index contributed by atoms with van der Waals surface area (Å²) in [6.45, 7) is 3.35. The summed E-state index contributed by atoms with van der Waals surface area (Å²) in [5.74, 6) is -0.996. The highest BCUT2D eigenvalue weighted by molar-refractivity contribution is 7.46. The van der Waals surface area contributed by atoms with E-state index in [4.69, 9.17) is 19.3 Å². The van der Waals surface area contributed by atoms with Crippen molar-refractivity contribution in [2.75, 3.05) is 13.2 Å². The van der Waals surface area contributed by atoms with Crippen LogP contribution in [-0.2, 0) is 28.2 Å². The van der Waals surface area contributed by atoms with E-state index in [2.05, 4.69) is 35.8 Å². The molecule has 0 radical (unpaired) electrons. The SMILES string of the molecule is CC/C=C\C(O)C/C=C/C=C\C/C=C\C/C=C\CCCC(=O)O[C@H](COC(=O)CCCCCCC/C=C\CCCCCC)COP(=O)(O)O. The van der Waals surface area contributed by atoms with Crippen molar-refractivity contribution in [1.82, 2.24) is 0 Å². The van der Waals surface area contributed by atoms with E-state index in [-0.39, 0.29) is 19.4 Å². The van der Waals surface area contributed by atoms with Gasteiger partial charge in [-0.3, -0.25) is 14.1 Å². The number of carbonyl (C=O) groups is 2. The Morgan fingerprint density at radius 1 is 0.653 bits per heavy atom. The molecule has 0 spiro atoms. The first-order valence-corrected chi connectivity index (χ1v) is 19.9. The summed E-state index contributed by atoms with van der Waals surface area (Å²) >= 11 is 0. The number of aliphatic hydroxyl groups is 1. The molecule has 280 valence electrons. The molecule has 0 rings (SSSR count). The largest absolute Gasteiger partial charge is 0.469 e. The van der Waals surface area contributed by atoms with Crippen LogP contribution in [-0.4, -0.2) is 52.3 Å². The number of phosphoric acid groups is 1. The molecular formula is C39H65O9P. The second kappa shape index (κ2) is 33.9. The van der Waals surface area contributed by atoms with E-state index >= 15 is 0 Å². The Morgan fingerprint density at radius 3 is 1.92 bits per heavy atom. The van der Waals surface area contributed by atoms with Crippen LogP contribution in [0.3, 0.4) is 0 Å². The standard InChI is InChI=1S/C39H65O9P/c1-3-5-7-8-9-10-11-12-16-19-22-25-28-32-38(41)46-34-37(35-47-49(43,44)45)48-39(42)33-29-26-23-20-17-14-13-15-18-21-24-27-31-36(40)30-6-4-2/h6,10-11,13-14,18,20-21,23-24,27,30,36-37,40H,3-5,7-9,12,15-17,19,22,25-26,28-29,31-35H2,1-2H3,(H2,43,44,45)/b11-10-,14-13-,21-18-,23-20-,27-24+,30-6-/t36?,37-/m1/s1. The van der Waals surface area contributed by atoms with Crippen LogP contribution in [0.4, 0.5) is 0 Å². The number of allylic oxidation sites excluding steroid dienone is 10. The Bertz CT molecular complexity index is 1040. The molecule has 0 aliphatic rings. The van der Waals surface area contributed by atoms with Gasteiger partial charge in [0.1, 0.15) is 6.61 Å². The van der Waals surface area contributed by atoms with Crippen molar-refractivity contribution < 1.29 is 43.0 Å². The molecule has 2 atom stereocenters. The van der Waals surface area contributed by atoms with E-state index in [0.29, 0.717) is 25.7 Å². The molecule has 9 nitrogen and oxygen atoms in total. The van der Waals surface area contributed by atoms with Gasteiger partial charge in [0, 0.05) is 12.8 Å². The molecule has 1 unspecified atom stereocenters. The van der Waals surface area contributed by atoms with E-state index in [9.17, 15) is 19.3 Å². The van der Waals surface area contributed by atoms with Crippen molar-refractivity contribution in [2.45, 2.75) is 148 Å². The Kier molecular flexibility index (Phi) is 32.2. The molecule has 0 bridgehead atoms. The lowest BCUT2D eigenvalue weighted by Crippen LogP contribution is -2.29. The Labute approximate surface area is 296 Å². The summed E-state index contributed by atoms with van der Waals surface area (Å²) in [6.07, 6.45) is 39.7. The summed E-state index contributed by atoms with van der Waals surface area (Å²) in [6, 6.07) is 0. The third-order valence-electron chi connectivity index (χ3n) is 7.28. The molecule has 0 aromatic heterocycles. The van der Waals surface area contributed by atoms with Crippen molar-refractivity contribution >= 4 is 19.8 Å². The number of hydrogen-bond acceptors (Lipinski definition) is 7. The van der Waals surface area contributed by atoms with Crippen molar-refractivity contribution in [3.63, 3.8) is 0 Å². The van der Waals surface area contributed by atoms with Gasteiger partial charge in [-0.15, -0.1) is 0 Å². The van der Waals surface area contributed by atoms with E-state index in [1.54, 1.807) is 0 Å². The first-order valence-electron chi connectivity index (χ1n) is 18.3. The molecule has 0 saturated heterocycles. The maximum atomic E-state index is 12.3. The molecule has 3 N–H and O–H groups in total. The maximum absolute atomic E-state index is 12.3. The molecule has 0 saturated carbocycles. The fraction of sp³-hybridized carbons (Fsp3) is 0.641. The minimum Gasteiger partial charge on any atom is -0.462 e. The van der Waals surface area contributed by atoms with Crippen LogP contribution in [0, 0.1) is 0 Å². The van der Waals surface area contributed by atoms with E-state index in [0.717, 1.165) is 57.8 Å². The summed E-state index contributed by atoms with van der Waals surface area (Å²) in [4.78, 5) is 42.6. The van der Waals surface area contributed by atoms with Gasteiger partial charge in [-0.25, -0.2) is 4.57 Å². The Balaban J connectivity index is 4.16. The van der Waals surface area contributed by atoms with Crippen LogP contribution >= 0.6 is 7.82 Å². The number of unbranched alkanes of at least 4 members (excludes halogenated alkanes) is 10. The first kappa shape index (κ1) is 46.5. The summed E-state index contributed by atoms with van der Waals surface area (Å²) in [5.41, 5.74) is 0. The Morgan fingerprint density at radius 2 is 1.22 bits per heavy atom. The average molecular weight is 709 g/mol. The molecule has 0 amide bonds. The minimum absolute atomic E-state index is 0.111. The highest BCUT2D eigenvalue weighted by Gasteiger charge is 2.22. The van der Waals surface area contributed by atoms with Crippen LogP contribution in [0.15, 0.2) is 72.9 Å². The predicted molar refractivity (Wildman–Crippen MR) is 199 cm³/mol.